The Balaban J connectivity index is 1.18. The number of anilines is 2. The van der Waals surface area contributed by atoms with Gasteiger partial charge in [-0.1, -0.05) is 124 Å². The molecule has 0 N–H and O–H groups in total. The second kappa shape index (κ2) is 13.1. The predicted octanol–water partition coefficient (Wildman–Crippen LogP) is 12.1. The van der Waals surface area contributed by atoms with E-state index in [-0.39, 0.29) is 17.4 Å². The van der Waals surface area contributed by atoms with Gasteiger partial charge in [-0.15, -0.1) is 0 Å². The van der Waals surface area contributed by atoms with Crippen molar-refractivity contribution in [1.82, 2.24) is 4.57 Å². The Morgan fingerprint density at radius 1 is 0.776 bits per heavy atom. The number of hydrogen-bond donors (Lipinski definition) is 0. The fourth-order valence-corrected chi connectivity index (χ4v) is 9.68. The Morgan fingerprint density at radius 2 is 1.48 bits per heavy atom. The highest BCUT2D eigenvalue weighted by atomic mass is 16.5. The SMILES string of the molecule is C=C1/C=c2\c(c3c(Oc4ccccc4)c(C)ccc3n2-c2ccccc2)=C/Cc2cc3c(cc2CC1(C)C)N(c1ccccc1)C1C=Cc2c(oc4ccccc24)C31. The molecular weight excluding hydrogens is 709 g/mol. The first-order valence-corrected chi connectivity index (χ1v) is 20.4. The molecule has 2 atom stereocenters. The van der Waals surface area contributed by atoms with Crippen LogP contribution in [-0.2, 0) is 12.8 Å². The van der Waals surface area contributed by atoms with E-state index in [1.54, 1.807) is 0 Å². The van der Waals surface area contributed by atoms with Crippen molar-refractivity contribution in [3.05, 3.63) is 202 Å². The smallest absolute Gasteiger partial charge is 0.140 e. The normalized spacial score (nSPS) is 18.9. The molecule has 0 saturated heterocycles. The largest absolute Gasteiger partial charge is 0.460 e. The van der Waals surface area contributed by atoms with Crippen LogP contribution < -0.4 is 20.2 Å². The van der Waals surface area contributed by atoms with Gasteiger partial charge in [-0.05, 0) is 114 Å². The maximum Gasteiger partial charge on any atom is 0.140 e. The molecular formula is C54H44N2O2. The van der Waals surface area contributed by atoms with E-state index in [1.165, 1.54) is 39.0 Å². The lowest BCUT2D eigenvalue weighted by Crippen LogP contribution is -2.31. The van der Waals surface area contributed by atoms with Crippen LogP contribution >= 0.6 is 0 Å². The number of furan rings is 1. The number of para-hydroxylation sites is 4. The average Bonchev–Trinajstić information content (AvgIpc) is 3.88. The molecule has 1 aliphatic heterocycles. The molecule has 11 rings (SSSR count). The zero-order valence-corrected chi connectivity index (χ0v) is 33.1. The Bertz CT molecular complexity index is 3090. The van der Waals surface area contributed by atoms with Gasteiger partial charge in [0.05, 0.1) is 28.2 Å². The third-order valence-corrected chi connectivity index (χ3v) is 12.7. The first kappa shape index (κ1) is 34.5. The van der Waals surface area contributed by atoms with Crippen molar-refractivity contribution < 1.29 is 9.15 Å². The van der Waals surface area contributed by atoms with Crippen molar-refractivity contribution >= 4 is 51.5 Å². The summed E-state index contributed by atoms with van der Waals surface area (Å²) in [6, 6.07) is 49.6. The summed E-state index contributed by atoms with van der Waals surface area (Å²) in [5.41, 5.74) is 12.7. The number of hydrogen-bond acceptors (Lipinski definition) is 3. The summed E-state index contributed by atoms with van der Waals surface area (Å²) in [7, 11) is 0. The lowest BCUT2D eigenvalue weighted by molar-refractivity contribution is 0.459. The van der Waals surface area contributed by atoms with Crippen LogP contribution in [-0.4, -0.2) is 10.6 Å². The fourth-order valence-electron chi connectivity index (χ4n) is 9.68. The van der Waals surface area contributed by atoms with E-state index in [0.29, 0.717) is 0 Å². The van der Waals surface area contributed by atoms with Crippen LogP contribution in [0.15, 0.2) is 162 Å². The summed E-state index contributed by atoms with van der Waals surface area (Å²) in [5, 5.41) is 4.55. The minimum absolute atomic E-state index is 0.0451. The molecule has 58 heavy (non-hydrogen) atoms. The first-order chi connectivity index (χ1) is 28.3. The molecule has 0 spiro atoms. The number of allylic oxidation sites excluding steroid dienone is 1. The first-order valence-electron chi connectivity index (χ1n) is 20.4. The zero-order valence-electron chi connectivity index (χ0n) is 33.1. The number of aryl methyl sites for hydroxylation is 1. The zero-order chi connectivity index (χ0) is 39.1. The molecule has 4 heteroatoms. The van der Waals surface area contributed by atoms with E-state index in [4.69, 9.17) is 15.7 Å². The van der Waals surface area contributed by atoms with Crippen molar-refractivity contribution in [3.63, 3.8) is 0 Å². The second-order valence-corrected chi connectivity index (χ2v) is 16.7. The Labute approximate surface area is 339 Å². The highest BCUT2D eigenvalue weighted by Crippen LogP contribution is 2.54. The van der Waals surface area contributed by atoms with Gasteiger partial charge in [-0.2, -0.15) is 0 Å². The van der Waals surface area contributed by atoms with Gasteiger partial charge in [0.25, 0.3) is 0 Å². The van der Waals surface area contributed by atoms with Crippen LogP contribution in [0.25, 0.3) is 45.8 Å². The monoisotopic (exact) mass is 752 g/mol. The lowest BCUT2D eigenvalue weighted by Gasteiger charge is -2.30. The summed E-state index contributed by atoms with van der Waals surface area (Å²) >= 11 is 0. The maximum atomic E-state index is 6.84. The minimum Gasteiger partial charge on any atom is -0.460 e. The van der Waals surface area contributed by atoms with Crippen LogP contribution in [0, 0.1) is 12.3 Å². The third kappa shape index (κ3) is 5.35. The number of fused-ring (bicyclic) bond motifs is 11. The third-order valence-electron chi connectivity index (χ3n) is 12.7. The lowest BCUT2D eigenvalue weighted by atomic mass is 9.76. The molecule has 0 saturated carbocycles. The van der Waals surface area contributed by atoms with E-state index >= 15 is 0 Å². The number of rotatable bonds is 4. The number of benzene rings is 6. The molecule has 2 unspecified atom stereocenters. The van der Waals surface area contributed by atoms with Crippen molar-refractivity contribution in [3.8, 4) is 17.2 Å². The van der Waals surface area contributed by atoms with E-state index < -0.39 is 0 Å². The Morgan fingerprint density at radius 3 is 2.26 bits per heavy atom. The van der Waals surface area contributed by atoms with Crippen LogP contribution in [0.2, 0.25) is 0 Å². The summed E-state index contributed by atoms with van der Waals surface area (Å²) in [4.78, 5) is 2.53. The van der Waals surface area contributed by atoms with Gasteiger partial charge in [0.1, 0.15) is 22.8 Å². The fraction of sp³-hybridized carbons (Fsp3) is 0.148. The van der Waals surface area contributed by atoms with Gasteiger partial charge >= 0.3 is 0 Å². The van der Waals surface area contributed by atoms with Crippen LogP contribution in [0.3, 0.4) is 0 Å². The summed E-state index contributed by atoms with van der Waals surface area (Å²) in [5.74, 6) is 2.79. The van der Waals surface area contributed by atoms with Crippen LogP contribution in [0.4, 0.5) is 11.4 Å². The number of ether oxygens (including phenoxy) is 1. The molecule has 2 aliphatic carbocycles. The Kier molecular flexibility index (Phi) is 7.81. The summed E-state index contributed by atoms with van der Waals surface area (Å²) in [6.45, 7) is 11.7. The topological polar surface area (TPSA) is 30.5 Å². The quantitative estimate of drug-likeness (QED) is 0.179. The molecule has 282 valence electrons. The minimum atomic E-state index is -0.246. The van der Waals surface area contributed by atoms with Gasteiger partial charge in [0, 0.05) is 33.2 Å². The molecule has 3 aliphatic rings. The highest BCUT2D eigenvalue weighted by Gasteiger charge is 2.44. The molecule has 0 bridgehead atoms. The molecule has 4 nitrogen and oxygen atoms in total. The number of aromatic nitrogens is 1. The van der Waals surface area contributed by atoms with Crippen molar-refractivity contribution in [2.45, 2.75) is 45.6 Å². The molecule has 0 fully saturated rings. The van der Waals surface area contributed by atoms with Gasteiger partial charge < -0.3 is 18.6 Å². The van der Waals surface area contributed by atoms with Crippen LogP contribution in [0.5, 0.6) is 11.5 Å². The molecule has 0 radical (unpaired) electrons. The molecule has 8 aromatic rings. The second-order valence-electron chi connectivity index (χ2n) is 16.7. The number of nitrogens with zero attached hydrogens (tertiary/aromatic N) is 2. The standard InChI is InChI=1S/C54H44N2O2/c1-34-24-28-45-50(52(34)57-40-20-12-7-13-21-40)43-26-25-36-31-44-48(32-37(36)33-54(3,4)35(2)30-47(43)55(45)38-16-8-5-9-17-38)56(39-18-10-6-11-19-39)46-29-27-42-41-22-14-15-23-49(41)58-53(42)51(44)46/h5-24,26-32,46,51H,2,25,33H2,1,3-4H3/b43-26+,47-30+. The molecule has 0 amide bonds. The van der Waals surface area contributed by atoms with Crippen molar-refractivity contribution in [1.29, 1.82) is 0 Å². The summed E-state index contributed by atoms with van der Waals surface area (Å²) < 4.78 is 16.0. The van der Waals surface area contributed by atoms with E-state index in [2.05, 4.69) is 164 Å². The van der Waals surface area contributed by atoms with Gasteiger partial charge in [0.15, 0.2) is 0 Å². The highest BCUT2D eigenvalue weighted by molar-refractivity contribution is 5.93. The van der Waals surface area contributed by atoms with E-state index in [1.807, 2.05) is 30.3 Å². The predicted molar refractivity (Wildman–Crippen MR) is 239 cm³/mol. The molecule has 3 heterocycles. The molecule has 2 aromatic heterocycles. The van der Waals surface area contributed by atoms with Crippen LogP contribution in [0.1, 0.15) is 53.3 Å². The van der Waals surface area contributed by atoms with Crippen molar-refractivity contribution in [2.75, 3.05) is 4.90 Å². The van der Waals surface area contributed by atoms with Gasteiger partial charge in [-0.3, -0.25) is 0 Å². The van der Waals surface area contributed by atoms with E-state index in [9.17, 15) is 0 Å². The maximum absolute atomic E-state index is 6.84. The summed E-state index contributed by atoms with van der Waals surface area (Å²) in [6.07, 6.45) is 11.1. The van der Waals surface area contributed by atoms with E-state index in [0.717, 1.165) is 74.0 Å². The van der Waals surface area contributed by atoms with Gasteiger partial charge in [0.2, 0.25) is 0 Å². The Hall–Kier alpha value is -6.78. The average molecular weight is 753 g/mol. The van der Waals surface area contributed by atoms with Gasteiger partial charge in [-0.25, -0.2) is 0 Å². The van der Waals surface area contributed by atoms with Crippen molar-refractivity contribution in [2.24, 2.45) is 5.41 Å². The molecule has 6 aromatic carbocycles.